The predicted octanol–water partition coefficient (Wildman–Crippen LogP) is 0.935. The van der Waals surface area contributed by atoms with Gasteiger partial charge in [-0.25, -0.2) is 0 Å². The van der Waals surface area contributed by atoms with E-state index in [4.69, 9.17) is 0 Å². The van der Waals surface area contributed by atoms with Crippen LogP contribution in [0.4, 0.5) is 8.87 Å². The molecule has 2 unspecified atom stereocenters. The van der Waals surface area contributed by atoms with Crippen molar-refractivity contribution in [3.05, 3.63) is 0 Å². The highest BCUT2D eigenvalue weighted by atomic mass is 19.2. The number of carbonyl (C=O) groups excluding carboxylic acids is 1. The third kappa shape index (κ3) is 0.978. The fourth-order valence-corrected chi connectivity index (χ4v) is 1.06. The monoisotopic (exact) mass is 149 g/mol. The molecule has 2 nitrogen and oxygen atoms in total. The maximum Gasteiger partial charge on any atom is 0.253 e. The first-order valence-electron chi connectivity index (χ1n) is 3.20. The van der Waals surface area contributed by atoms with Gasteiger partial charge in [-0.05, 0) is 0 Å². The maximum atomic E-state index is 12.3. The first-order chi connectivity index (χ1) is 4.66. The van der Waals surface area contributed by atoms with Crippen molar-refractivity contribution in [1.82, 2.24) is 5.12 Å². The zero-order chi connectivity index (χ0) is 7.72. The first kappa shape index (κ1) is 7.44. The molecule has 0 aliphatic carbocycles. The maximum absolute atomic E-state index is 12.3. The van der Waals surface area contributed by atoms with Crippen molar-refractivity contribution in [2.45, 2.75) is 6.92 Å². The minimum atomic E-state index is -0.618. The highest BCUT2D eigenvalue weighted by molar-refractivity contribution is 5.79. The molecule has 0 radical (unpaired) electrons. The van der Waals surface area contributed by atoms with Crippen molar-refractivity contribution < 1.29 is 13.7 Å². The van der Waals surface area contributed by atoms with E-state index in [0.717, 1.165) is 0 Å². The van der Waals surface area contributed by atoms with Gasteiger partial charge in [0.1, 0.15) is 0 Å². The lowest BCUT2D eigenvalue weighted by molar-refractivity contribution is -0.143. The molecule has 0 bridgehead atoms. The van der Waals surface area contributed by atoms with Crippen LogP contribution >= 0.6 is 0 Å². The molecule has 1 fully saturated rings. The summed E-state index contributed by atoms with van der Waals surface area (Å²) in [5.41, 5.74) is 0. The molecule has 2 atom stereocenters. The largest absolute Gasteiger partial charge is 0.272 e. The molecule has 0 N–H and O–H groups in total. The van der Waals surface area contributed by atoms with Gasteiger partial charge in [-0.15, -0.1) is 0 Å². The summed E-state index contributed by atoms with van der Waals surface area (Å²) in [6.07, 6.45) is 0. The van der Waals surface area contributed by atoms with Crippen LogP contribution in [0.1, 0.15) is 6.92 Å². The Kier molecular flexibility index (Phi) is 1.87. The van der Waals surface area contributed by atoms with Gasteiger partial charge in [-0.1, -0.05) is 11.4 Å². The Labute approximate surface area is 57.7 Å². The molecule has 58 valence electrons. The predicted molar refractivity (Wildman–Crippen MR) is 31.4 cm³/mol. The Bertz CT molecular complexity index is 151. The standard InChI is InChI=1S/C6H9F2NO/c1-4-5(2-7)3-9(8)6(4)10/h4-5H,2-3H2,1H3. The van der Waals surface area contributed by atoms with Gasteiger partial charge in [0.25, 0.3) is 5.91 Å². The van der Waals surface area contributed by atoms with E-state index in [0.29, 0.717) is 0 Å². The molecule has 0 aromatic carbocycles. The molecule has 1 heterocycles. The number of amides is 1. The summed E-state index contributed by atoms with van der Waals surface area (Å²) in [5.74, 6) is -1.53. The van der Waals surface area contributed by atoms with E-state index in [1.165, 1.54) is 0 Å². The summed E-state index contributed by atoms with van der Waals surface area (Å²) in [6.45, 7) is 0.843. The highest BCUT2D eigenvalue weighted by Crippen LogP contribution is 2.24. The van der Waals surface area contributed by atoms with E-state index in [1.807, 2.05) is 0 Å². The lowest BCUT2D eigenvalue weighted by atomic mass is 10.00. The Morgan fingerprint density at radius 1 is 1.80 bits per heavy atom. The molecule has 1 saturated heterocycles. The van der Waals surface area contributed by atoms with Crippen molar-refractivity contribution in [3.63, 3.8) is 0 Å². The van der Waals surface area contributed by atoms with E-state index in [-0.39, 0.29) is 11.7 Å². The van der Waals surface area contributed by atoms with Gasteiger partial charge >= 0.3 is 0 Å². The normalized spacial score (nSPS) is 33.5. The number of nitrogens with zero attached hydrogens (tertiary/aromatic N) is 1. The molecule has 4 heteroatoms. The third-order valence-electron chi connectivity index (χ3n) is 1.93. The second-order valence-electron chi connectivity index (χ2n) is 2.59. The summed E-state index contributed by atoms with van der Waals surface area (Å²) < 4.78 is 24.3. The summed E-state index contributed by atoms with van der Waals surface area (Å²) in [5, 5.41) is 0.0922. The van der Waals surface area contributed by atoms with Crippen LogP contribution in [-0.2, 0) is 4.79 Å². The molecular formula is C6H9F2NO. The second-order valence-corrected chi connectivity index (χ2v) is 2.59. The zero-order valence-electron chi connectivity index (χ0n) is 5.68. The minimum Gasteiger partial charge on any atom is -0.272 e. The highest BCUT2D eigenvalue weighted by Gasteiger charge is 2.37. The molecule has 1 aliphatic heterocycles. The molecule has 10 heavy (non-hydrogen) atoms. The Morgan fingerprint density at radius 2 is 2.40 bits per heavy atom. The average Bonchev–Trinajstić information content (AvgIpc) is 2.17. The van der Waals surface area contributed by atoms with Crippen LogP contribution in [0.25, 0.3) is 0 Å². The van der Waals surface area contributed by atoms with E-state index in [2.05, 4.69) is 0 Å². The quantitative estimate of drug-likeness (QED) is 0.508. The Balaban J connectivity index is 2.61. The van der Waals surface area contributed by atoms with Crippen molar-refractivity contribution in [2.24, 2.45) is 11.8 Å². The lowest BCUT2D eigenvalue weighted by Gasteiger charge is -2.03. The number of hydrogen-bond donors (Lipinski definition) is 0. The molecule has 1 aliphatic rings. The zero-order valence-corrected chi connectivity index (χ0v) is 5.68. The second kappa shape index (κ2) is 2.52. The van der Waals surface area contributed by atoms with Gasteiger partial charge in [0, 0.05) is 11.8 Å². The SMILES string of the molecule is CC1C(=O)N(F)CC1CF. The van der Waals surface area contributed by atoms with E-state index >= 15 is 0 Å². The number of hydrogen-bond acceptors (Lipinski definition) is 1. The topological polar surface area (TPSA) is 20.3 Å². The third-order valence-corrected chi connectivity index (χ3v) is 1.93. The van der Waals surface area contributed by atoms with Crippen molar-refractivity contribution >= 4 is 5.91 Å². The van der Waals surface area contributed by atoms with Crippen LogP contribution in [0.15, 0.2) is 0 Å². The average molecular weight is 149 g/mol. The van der Waals surface area contributed by atoms with E-state index in [9.17, 15) is 13.7 Å². The van der Waals surface area contributed by atoms with Gasteiger partial charge < -0.3 is 0 Å². The number of carbonyl (C=O) groups is 1. The van der Waals surface area contributed by atoms with Gasteiger partial charge in [0.2, 0.25) is 0 Å². The van der Waals surface area contributed by atoms with Crippen molar-refractivity contribution in [3.8, 4) is 0 Å². The summed E-state index contributed by atoms with van der Waals surface area (Å²) in [6, 6.07) is 0. The fraction of sp³-hybridized carbons (Fsp3) is 0.833. The minimum absolute atomic E-state index is 0.0868. The van der Waals surface area contributed by atoms with Crippen molar-refractivity contribution in [1.29, 1.82) is 0 Å². The molecule has 0 aromatic heterocycles. The molecular weight excluding hydrogens is 140 g/mol. The molecule has 0 spiro atoms. The lowest BCUT2D eigenvalue weighted by Crippen LogP contribution is -2.16. The van der Waals surface area contributed by atoms with Crippen molar-refractivity contribution in [2.75, 3.05) is 13.2 Å². The molecule has 1 rings (SSSR count). The molecule has 0 aromatic rings. The van der Waals surface area contributed by atoms with Gasteiger partial charge in [0.15, 0.2) is 0 Å². The van der Waals surface area contributed by atoms with Gasteiger partial charge in [0.05, 0.1) is 13.2 Å². The smallest absolute Gasteiger partial charge is 0.253 e. The Morgan fingerprint density at radius 3 is 2.60 bits per heavy atom. The first-order valence-corrected chi connectivity index (χ1v) is 3.20. The van der Waals surface area contributed by atoms with Gasteiger partial charge in [-0.3, -0.25) is 9.18 Å². The molecule has 0 saturated carbocycles. The number of halogens is 2. The number of alkyl halides is 1. The van der Waals surface area contributed by atoms with Crippen LogP contribution in [0.3, 0.4) is 0 Å². The fourth-order valence-electron chi connectivity index (χ4n) is 1.06. The molecule has 1 amide bonds. The summed E-state index contributed by atoms with van der Waals surface area (Å²) in [7, 11) is 0. The number of rotatable bonds is 1. The van der Waals surface area contributed by atoms with Crippen LogP contribution in [0.5, 0.6) is 0 Å². The Hall–Kier alpha value is -0.670. The van der Waals surface area contributed by atoms with Crippen LogP contribution in [0, 0.1) is 11.8 Å². The van der Waals surface area contributed by atoms with Crippen LogP contribution < -0.4 is 0 Å². The van der Waals surface area contributed by atoms with E-state index in [1.54, 1.807) is 6.92 Å². The summed E-state index contributed by atoms with van der Waals surface area (Å²) >= 11 is 0. The van der Waals surface area contributed by atoms with Crippen LogP contribution in [0.2, 0.25) is 0 Å². The summed E-state index contributed by atoms with van der Waals surface area (Å²) in [4.78, 5) is 10.7. The van der Waals surface area contributed by atoms with Crippen LogP contribution in [-0.4, -0.2) is 24.2 Å². The van der Waals surface area contributed by atoms with Gasteiger partial charge in [-0.2, -0.15) is 5.12 Å². The van der Waals surface area contributed by atoms with E-state index < -0.39 is 24.4 Å².